The molecule has 0 aliphatic heterocycles. The van der Waals surface area contributed by atoms with E-state index < -0.39 is 0 Å². The normalized spacial score (nSPS) is 15.9. The first-order valence-corrected chi connectivity index (χ1v) is 3.61. The van der Waals surface area contributed by atoms with Gasteiger partial charge in [0, 0.05) is 0 Å². The highest BCUT2D eigenvalue weighted by Gasteiger charge is 2.09. The Bertz CT molecular complexity index is 155. The molecular weight excluding hydrogens is 126 g/mol. The lowest BCUT2D eigenvalue weighted by Crippen LogP contribution is -2.10. The molecule has 0 aromatic heterocycles. The molecular formula is C8H13NO. The molecule has 0 atom stereocenters. The second-order valence-corrected chi connectivity index (χ2v) is 2.74. The third-order valence-corrected chi connectivity index (χ3v) is 1.44. The first-order chi connectivity index (χ1) is 4.79. The van der Waals surface area contributed by atoms with E-state index in [0.717, 1.165) is 18.4 Å². The minimum Gasteiger partial charge on any atom is -0.391 e. The summed E-state index contributed by atoms with van der Waals surface area (Å²) in [5.41, 5.74) is 2.21. The first kappa shape index (κ1) is 7.32. The van der Waals surface area contributed by atoms with Crippen molar-refractivity contribution in [2.75, 3.05) is 6.61 Å². The van der Waals surface area contributed by atoms with E-state index in [4.69, 9.17) is 4.84 Å². The molecule has 0 N–H and O–H groups in total. The van der Waals surface area contributed by atoms with Gasteiger partial charge in [0.15, 0.2) is 0 Å². The number of oxime groups is 1. The molecule has 0 aromatic carbocycles. The van der Waals surface area contributed by atoms with Gasteiger partial charge in [-0.2, -0.15) is 0 Å². The number of nitrogens with zero attached hydrogens (tertiary/aromatic N) is 1. The summed E-state index contributed by atoms with van der Waals surface area (Å²) in [6, 6.07) is 0. The zero-order valence-electron chi connectivity index (χ0n) is 6.39. The van der Waals surface area contributed by atoms with Crippen molar-refractivity contribution in [2.24, 2.45) is 5.16 Å². The Kier molecular flexibility index (Phi) is 2.49. The largest absolute Gasteiger partial charge is 0.391 e. The topological polar surface area (TPSA) is 21.6 Å². The van der Waals surface area contributed by atoms with Gasteiger partial charge in [0.05, 0.1) is 5.71 Å². The maximum absolute atomic E-state index is 4.99. The fourth-order valence-corrected chi connectivity index (χ4v) is 0.660. The molecule has 0 amide bonds. The Morgan fingerprint density at radius 3 is 2.80 bits per heavy atom. The van der Waals surface area contributed by atoms with Crippen molar-refractivity contribution < 1.29 is 4.84 Å². The van der Waals surface area contributed by atoms with E-state index >= 15 is 0 Å². The van der Waals surface area contributed by atoms with Crippen molar-refractivity contribution in [1.29, 1.82) is 0 Å². The Morgan fingerprint density at radius 1 is 1.70 bits per heavy atom. The highest BCUT2D eigenvalue weighted by Crippen LogP contribution is 2.14. The summed E-state index contributed by atoms with van der Waals surface area (Å²) in [5, 5.41) is 3.93. The van der Waals surface area contributed by atoms with Crippen LogP contribution >= 0.6 is 0 Å². The molecule has 1 rings (SSSR count). The van der Waals surface area contributed by atoms with E-state index in [1.807, 2.05) is 6.92 Å². The van der Waals surface area contributed by atoms with Gasteiger partial charge in [-0.25, -0.2) is 0 Å². The molecule has 0 bridgehead atoms. The molecule has 0 spiro atoms. The fourth-order valence-electron chi connectivity index (χ4n) is 0.660. The van der Waals surface area contributed by atoms with E-state index in [1.54, 1.807) is 0 Å². The molecule has 10 heavy (non-hydrogen) atoms. The lowest BCUT2D eigenvalue weighted by molar-refractivity contribution is 0.165. The van der Waals surface area contributed by atoms with Crippen LogP contribution in [0.15, 0.2) is 17.3 Å². The fraction of sp³-hybridized carbons (Fsp3) is 0.625. The van der Waals surface area contributed by atoms with E-state index in [0.29, 0.717) is 6.61 Å². The summed E-state index contributed by atoms with van der Waals surface area (Å²) in [5.74, 6) is 0. The maximum atomic E-state index is 4.99. The molecule has 1 aliphatic carbocycles. The smallest absolute Gasteiger partial charge is 0.137 e. The number of rotatable bonds is 3. The summed E-state index contributed by atoms with van der Waals surface area (Å²) in [4.78, 5) is 4.99. The van der Waals surface area contributed by atoms with E-state index in [-0.39, 0.29) is 0 Å². The lowest BCUT2D eigenvalue weighted by Gasteiger charge is -2.12. The van der Waals surface area contributed by atoms with Crippen LogP contribution in [0.1, 0.15) is 26.2 Å². The summed E-state index contributed by atoms with van der Waals surface area (Å²) in [6.45, 7) is 6.19. The minimum atomic E-state index is 0.559. The zero-order valence-corrected chi connectivity index (χ0v) is 6.39. The highest BCUT2D eigenvalue weighted by molar-refractivity contribution is 5.88. The van der Waals surface area contributed by atoms with Crippen molar-refractivity contribution in [3.8, 4) is 0 Å². The van der Waals surface area contributed by atoms with E-state index in [9.17, 15) is 0 Å². The van der Waals surface area contributed by atoms with Gasteiger partial charge in [-0.05, 0) is 31.8 Å². The van der Waals surface area contributed by atoms with Crippen LogP contribution in [-0.4, -0.2) is 12.3 Å². The summed E-state index contributed by atoms with van der Waals surface area (Å²) in [6.07, 6.45) is 3.52. The predicted molar refractivity (Wildman–Crippen MR) is 42.1 cm³/mol. The third kappa shape index (κ3) is 2.21. The van der Waals surface area contributed by atoms with Gasteiger partial charge in [-0.1, -0.05) is 11.7 Å². The second-order valence-electron chi connectivity index (χ2n) is 2.74. The highest BCUT2D eigenvalue weighted by atomic mass is 16.6. The van der Waals surface area contributed by atoms with Crippen molar-refractivity contribution in [3.05, 3.63) is 12.2 Å². The van der Waals surface area contributed by atoms with Gasteiger partial charge >= 0.3 is 0 Å². The van der Waals surface area contributed by atoms with Crippen LogP contribution in [0.2, 0.25) is 0 Å². The van der Waals surface area contributed by atoms with Crippen molar-refractivity contribution in [1.82, 2.24) is 0 Å². The Hall–Kier alpha value is -0.790. The summed E-state index contributed by atoms with van der Waals surface area (Å²) < 4.78 is 0. The van der Waals surface area contributed by atoms with Gasteiger partial charge < -0.3 is 4.84 Å². The van der Waals surface area contributed by atoms with Gasteiger partial charge in [0.1, 0.15) is 6.61 Å². The van der Waals surface area contributed by atoms with Gasteiger partial charge in [0.25, 0.3) is 0 Å². The van der Waals surface area contributed by atoms with Crippen LogP contribution in [0.4, 0.5) is 0 Å². The van der Waals surface area contributed by atoms with Crippen molar-refractivity contribution in [2.45, 2.75) is 26.2 Å². The predicted octanol–water partition coefficient (Wildman–Crippen LogP) is 2.12. The SMILES string of the molecule is C=C(C)CON=C1CCC1. The molecule has 0 saturated heterocycles. The molecule has 0 aromatic rings. The molecule has 1 saturated carbocycles. The molecule has 2 nitrogen and oxygen atoms in total. The third-order valence-electron chi connectivity index (χ3n) is 1.44. The maximum Gasteiger partial charge on any atom is 0.137 e. The Labute approximate surface area is 61.6 Å². The van der Waals surface area contributed by atoms with E-state index in [1.165, 1.54) is 12.1 Å². The zero-order chi connectivity index (χ0) is 7.40. The first-order valence-electron chi connectivity index (χ1n) is 3.61. The van der Waals surface area contributed by atoms with E-state index in [2.05, 4.69) is 11.7 Å². The van der Waals surface area contributed by atoms with Gasteiger partial charge in [-0.3, -0.25) is 0 Å². The monoisotopic (exact) mass is 139 g/mol. The second kappa shape index (κ2) is 3.40. The molecule has 0 heterocycles. The van der Waals surface area contributed by atoms with Crippen LogP contribution < -0.4 is 0 Å². The summed E-state index contributed by atoms with van der Waals surface area (Å²) >= 11 is 0. The minimum absolute atomic E-state index is 0.559. The van der Waals surface area contributed by atoms with Crippen molar-refractivity contribution >= 4 is 5.71 Å². The van der Waals surface area contributed by atoms with Crippen LogP contribution in [0.5, 0.6) is 0 Å². The van der Waals surface area contributed by atoms with Gasteiger partial charge in [-0.15, -0.1) is 0 Å². The molecule has 0 unspecified atom stereocenters. The van der Waals surface area contributed by atoms with Crippen LogP contribution in [0, 0.1) is 0 Å². The number of hydrogen-bond acceptors (Lipinski definition) is 2. The Balaban J connectivity index is 2.09. The Morgan fingerprint density at radius 2 is 2.40 bits per heavy atom. The molecule has 1 fully saturated rings. The molecule has 2 heteroatoms. The van der Waals surface area contributed by atoms with Gasteiger partial charge in [0.2, 0.25) is 0 Å². The average Bonchev–Trinajstić information content (AvgIpc) is 1.75. The average molecular weight is 139 g/mol. The quantitative estimate of drug-likeness (QED) is 0.433. The van der Waals surface area contributed by atoms with Crippen molar-refractivity contribution in [3.63, 3.8) is 0 Å². The lowest BCUT2D eigenvalue weighted by atomic mass is 9.98. The summed E-state index contributed by atoms with van der Waals surface area (Å²) in [7, 11) is 0. The van der Waals surface area contributed by atoms with Crippen LogP contribution in [0.3, 0.4) is 0 Å². The van der Waals surface area contributed by atoms with Crippen LogP contribution in [0.25, 0.3) is 0 Å². The molecule has 0 radical (unpaired) electrons. The van der Waals surface area contributed by atoms with Crippen LogP contribution in [-0.2, 0) is 4.84 Å². The molecule has 56 valence electrons. The number of hydrogen-bond donors (Lipinski definition) is 0. The molecule has 1 aliphatic rings. The standard InChI is InChI=1S/C8H13NO/c1-7(2)6-10-9-8-4-3-5-8/h1,3-6H2,2H3.